The molecule has 1 atom stereocenters. The second-order valence-corrected chi connectivity index (χ2v) is 6.17. The van der Waals surface area contributed by atoms with Gasteiger partial charge in [0.2, 0.25) is 0 Å². The summed E-state index contributed by atoms with van der Waals surface area (Å²) in [4.78, 5) is 2.12. The lowest BCUT2D eigenvalue weighted by Crippen LogP contribution is -2.36. The molecule has 0 aliphatic carbocycles. The molecule has 0 bridgehead atoms. The van der Waals surface area contributed by atoms with Crippen molar-refractivity contribution in [2.75, 3.05) is 26.0 Å². The summed E-state index contributed by atoms with van der Waals surface area (Å²) in [6, 6.07) is 14.8. The second-order valence-electron chi connectivity index (χ2n) is 5.35. The molecule has 1 unspecified atom stereocenters. The summed E-state index contributed by atoms with van der Waals surface area (Å²) in [6.07, 6.45) is 0. The standard InChI is InChI=1S/C17H19ClFN3S/c1-22(2)16(12-6-4-3-5-7-12)11-20-17(23)21-13-8-9-15(19)14(18)10-13/h3-10,16H,11H2,1-2H3,(H2,20,21,23). The topological polar surface area (TPSA) is 27.3 Å². The first-order valence-electron chi connectivity index (χ1n) is 7.18. The highest BCUT2D eigenvalue weighted by Gasteiger charge is 2.14. The fourth-order valence-electron chi connectivity index (χ4n) is 2.21. The van der Waals surface area contributed by atoms with Gasteiger partial charge < -0.3 is 15.5 Å². The van der Waals surface area contributed by atoms with Crippen LogP contribution in [0.2, 0.25) is 5.02 Å². The summed E-state index contributed by atoms with van der Waals surface area (Å²) in [7, 11) is 4.05. The van der Waals surface area contributed by atoms with Gasteiger partial charge in [0.15, 0.2) is 5.11 Å². The Morgan fingerprint density at radius 3 is 2.52 bits per heavy atom. The molecule has 6 heteroatoms. The molecular formula is C17H19ClFN3S. The van der Waals surface area contributed by atoms with E-state index in [1.54, 1.807) is 6.07 Å². The molecule has 0 heterocycles. The molecule has 2 aromatic rings. The van der Waals surface area contributed by atoms with Crippen molar-refractivity contribution in [3.63, 3.8) is 0 Å². The fraction of sp³-hybridized carbons (Fsp3) is 0.235. The Bertz CT molecular complexity index is 664. The minimum Gasteiger partial charge on any atom is -0.361 e. The summed E-state index contributed by atoms with van der Waals surface area (Å²) in [5.41, 5.74) is 1.85. The average Bonchev–Trinajstić information content (AvgIpc) is 2.52. The Labute approximate surface area is 146 Å². The van der Waals surface area contributed by atoms with E-state index in [1.165, 1.54) is 17.7 Å². The molecule has 3 nitrogen and oxygen atoms in total. The van der Waals surface area contributed by atoms with Crippen molar-refractivity contribution in [1.29, 1.82) is 0 Å². The van der Waals surface area contributed by atoms with E-state index in [2.05, 4.69) is 27.7 Å². The summed E-state index contributed by atoms with van der Waals surface area (Å²) in [6.45, 7) is 0.651. The van der Waals surface area contributed by atoms with Crippen LogP contribution in [0.4, 0.5) is 10.1 Å². The van der Waals surface area contributed by atoms with Crippen LogP contribution in [0.1, 0.15) is 11.6 Å². The maximum atomic E-state index is 13.2. The van der Waals surface area contributed by atoms with E-state index in [1.807, 2.05) is 32.3 Å². The van der Waals surface area contributed by atoms with Crippen molar-refractivity contribution in [1.82, 2.24) is 10.2 Å². The molecule has 23 heavy (non-hydrogen) atoms. The minimum absolute atomic E-state index is 0.0632. The number of likely N-dealkylation sites (N-methyl/N-ethyl adjacent to an activating group) is 1. The zero-order valence-electron chi connectivity index (χ0n) is 13.0. The summed E-state index contributed by atoms with van der Waals surface area (Å²) in [5.74, 6) is -0.451. The monoisotopic (exact) mass is 351 g/mol. The van der Waals surface area contributed by atoms with Crippen LogP contribution in [-0.4, -0.2) is 30.7 Å². The number of rotatable bonds is 5. The van der Waals surface area contributed by atoms with E-state index in [9.17, 15) is 4.39 Å². The van der Waals surface area contributed by atoms with Gasteiger partial charge >= 0.3 is 0 Å². The summed E-state index contributed by atoms with van der Waals surface area (Å²) < 4.78 is 13.2. The zero-order valence-corrected chi connectivity index (χ0v) is 14.6. The Hall–Kier alpha value is -1.69. The lowest BCUT2D eigenvalue weighted by molar-refractivity contribution is 0.299. The molecule has 0 amide bonds. The Kier molecular flexibility index (Phi) is 6.33. The van der Waals surface area contributed by atoms with Gasteiger partial charge in [-0.1, -0.05) is 41.9 Å². The zero-order chi connectivity index (χ0) is 16.8. The van der Waals surface area contributed by atoms with Gasteiger partial charge in [-0.15, -0.1) is 0 Å². The molecule has 0 saturated carbocycles. The molecule has 122 valence electrons. The van der Waals surface area contributed by atoms with Crippen molar-refractivity contribution in [3.8, 4) is 0 Å². The van der Waals surface area contributed by atoms with E-state index in [0.717, 1.165) is 0 Å². The molecule has 0 aromatic heterocycles. The number of halogens is 2. The fourth-order valence-corrected chi connectivity index (χ4v) is 2.59. The van der Waals surface area contributed by atoms with Crippen molar-refractivity contribution < 1.29 is 4.39 Å². The molecular weight excluding hydrogens is 333 g/mol. The SMILES string of the molecule is CN(C)C(CNC(=S)Nc1ccc(F)c(Cl)c1)c1ccccc1. The van der Waals surface area contributed by atoms with E-state index < -0.39 is 5.82 Å². The highest BCUT2D eigenvalue weighted by Crippen LogP contribution is 2.20. The van der Waals surface area contributed by atoms with Crippen LogP contribution in [-0.2, 0) is 0 Å². The van der Waals surface area contributed by atoms with E-state index >= 15 is 0 Å². The van der Waals surface area contributed by atoms with Crippen LogP contribution in [0.3, 0.4) is 0 Å². The maximum absolute atomic E-state index is 13.2. The van der Waals surface area contributed by atoms with Gasteiger partial charge in [-0.25, -0.2) is 4.39 Å². The van der Waals surface area contributed by atoms with E-state index in [0.29, 0.717) is 17.3 Å². The van der Waals surface area contributed by atoms with Gasteiger partial charge in [-0.3, -0.25) is 0 Å². The lowest BCUT2D eigenvalue weighted by atomic mass is 10.1. The third-order valence-corrected chi connectivity index (χ3v) is 3.98. The highest BCUT2D eigenvalue weighted by molar-refractivity contribution is 7.80. The van der Waals surface area contributed by atoms with Crippen LogP contribution < -0.4 is 10.6 Å². The van der Waals surface area contributed by atoms with E-state index in [4.69, 9.17) is 23.8 Å². The molecule has 0 spiro atoms. The van der Waals surface area contributed by atoms with Crippen LogP contribution >= 0.6 is 23.8 Å². The molecule has 0 aliphatic heterocycles. The number of thiocarbonyl (C=S) groups is 1. The number of nitrogens with zero attached hydrogens (tertiary/aromatic N) is 1. The molecule has 2 rings (SSSR count). The third kappa shape index (κ3) is 5.16. The number of nitrogens with one attached hydrogen (secondary N) is 2. The molecule has 2 aromatic carbocycles. The normalized spacial score (nSPS) is 12.0. The van der Waals surface area contributed by atoms with Gasteiger partial charge in [0, 0.05) is 12.2 Å². The van der Waals surface area contributed by atoms with E-state index in [-0.39, 0.29) is 11.1 Å². The smallest absolute Gasteiger partial charge is 0.170 e. The molecule has 0 fully saturated rings. The molecule has 0 aliphatic rings. The van der Waals surface area contributed by atoms with Crippen molar-refractivity contribution in [2.24, 2.45) is 0 Å². The first kappa shape index (κ1) is 17.7. The largest absolute Gasteiger partial charge is 0.361 e. The van der Waals surface area contributed by atoms with Crippen molar-refractivity contribution >= 4 is 34.6 Å². The Balaban J connectivity index is 1.95. The number of benzene rings is 2. The summed E-state index contributed by atoms with van der Waals surface area (Å²) in [5, 5.41) is 6.72. The Morgan fingerprint density at radius 1 is 1.22 bits per heavy atom. The number of hydrogen-bond donors (Lipinski definition) is 2. The number of hydrogen-bond acceptors (Lipinski definition) is 2. The summed E-state index contributed by atoms with van der Waals surface area (Å²) >= 11 is 11.1. The van der Waals surface area contributed by atoms with Gasteiger partial charge in [0.1, 0.15) is 5.82 Å². The highest BCUT2D eigenvalue weighted by atomic mass is 35.5. The number of anilines is 1. The molecule has 2 N–H and O–H groups in total. The molecule has 0 radical (unpaired) electrons. The quantitative estimate of drug-likeness (QED) is 0.794. The lowest BCUT2D eigenvalue weighted by Gasteiger charge is -2.25. The van der Waals surface area contributed by atoms with Gasteiger partial charge in [-0.2, -0.15) is 0 Å². The first-order valence-corrected chi connectivity index (χ1v) is 7.97. The van der Waals surface area contributed by atoms with Crippen LogP contribution in [0.25, 0.3) is 0 Å². The second kappa shape index (κ2) is 8.24. The van der Waals surface area contributed by atoms with Crippen molar-refractivity contribution in [3.05, 3.63) is 64.9 Å². The first-order chi connectivity index (χ1) is 11.0. The van der Waals surface area contributed by atoms with Crippen molar-refractivity contribution in [2.45, 2.75) is 6.04 Å². The van der Waals surface area contributed by atoms with Crippen LogP contribution in [0.5, 0.6) is 0 Å². The van der Waals surface area contributed by atoms with Crippen LogP contribution in [0, 0.1) is 5.82 Å². The minimum atomic E-state index is -0.451. The average molecular weight is 352 g/mol. The maximum Gasteiger partial charge on any atom is 0.170 e. The van der Waals surface area contributed by atoms with Gasteiger partial charge in [0.05, 0.1) is 11.1 Å². The third-order valence-electron chi connectivity index (χ3n) is 3.44. The van der Waals surface area contributed by atoms with Crippen LogP contribution in [0.15, 0.2) is 48.5 Å². The Morgan fingerprint density at radius 2 is 1.91 bits per heavy atom. The molecule has 0 saturated heterocycles. The predicted octanol–water partition coefficient (Wildman–Crippen LogP) is 4.07. The van der Waals surface area contributed by atoms with Gasteiger partial charge in [-0.05, 0) is 50.1 Å². The predicted molar refractivity (Wildman–Crippen MR) is 98.5 cm³/mol. The van der Waals surface area contributed by atoms with Gasteiger partial charge in [0.25, 0.3) is 0 Å².